The average Bonchev–Trinajstić information content (AvgIpc) is 3.51. The SMILES string of the molecule is CCC(=Cc1sc2ccc3ccccc3c2[n+]1CCCS(=O)(=O)[O-])C=C1SC2=C(C3C=CC=CC3C=C2)[N+]12CCC2S(=O)(=O)[O-].[Na+]. The number of benzene rings is 2. The van der Waals surface area contributed by atoms with Crippen LogP contribution in [-0.4, -0.2) is 48.1 Å². The van der Waals surface area contributed by atoms with Gasteiger partial charge < -0.3 is 9.11 Å². The maximum Gasteiger partial charge on any atom is 1.00 e. The van der Waals surface area contributed by atoms with E-state index in [0.29, 0.717) is 25.9 Å². The van der Waals surface area contributed by atoms with Crippen molar-refractivity contribution >= 4 is 70.4 Å². The van der Waals surface area contributed by atoms with Crippen LogP contribution in [0.2, 0.25) is 0 Å². The van der Waals surface area contributed by atoms with Gasteiger partial charge in [0.25, 0.3) is 5.01 Å². The Morgan fingerprint density at radius 1 is 1.07 bits per heavy atom. The fourth-order valence-electron chi connectivity index (χ4n) is 7.09. The number of rotatable bonds is 8. The van der Waals surface area contributed by atoms with E-state index in [1.807, 2.05) is 43.3 Å². The van der Waals surface area contributed by atoms with E-state index in [4.69, 9.17) is 0 Å². The monoisotopic (exact) mass is 703 g/mol. The van der Waals surface area contributed by atoms with Gasteiger partial charge in [0.1, 0.15) is 10.4 Å². The first-order valence-corrected chi connectivity index (χ1v) is 19.7. The number of allylic oxidation sites excluding steroid dienone is 8. The number of fused-ring (bicyclic) bond motifs is 6. The zero-order valence-electron chi connectivity index (χ0n) is 25.5. The quantitative estimate of drug-likeness (QED) is 0.153. The minimum Gasteiger partial charge on any atom is -0.748 e. The molecule has 2 aliphatic heterocycles. The Bertz CT molecular complexity index is 2150. The first kappa shape index (κ1) is 34.0. The van der Waals surface area contributed by atoms with Gasteiger partial charge in [-0.25, -0.2) is 21.3 Å². The van der Waals surface area contributed by atoms with Gasteiger partial charge in [-0.2, -0.15) is 4.57 Å². The smallest absolute Gasteiger partial charge is 0.748 e. The molecule has 0 N–H and O–H groups in total. The van der Waals surface area contributed by atoms with Crippen LogP contribution < -0.4 is 34.1 Å². The van der Waals surface area contributed by atoms with E-state index in [2.05, 4.69) is 53.2 Å². The number of hydrogen-bond donors (Lipinski definition) is 0. The summed E-state index contributed by atoms with van der Waals surface area (Å²) >= 11 is 3.15. The largest absolute Gasteiger partial charge is 1.00 e. The Balaban J connectivity index is 0.00000372. The molecule has 13 heteroatoms. The second-order valence-electron chi connectivity index (χ2n) is 11.8. The topological polar surface area (TPSA) is 118 Å². The van der Waals surface area contributed by atoms with Gasteiger partial charge in [-0.05, 0) is 47.4 Å². The molecular formula is C33H32N2NaO6S4+. The molecule has 0 radical (unpaired) electrons. The Labute approximate surface area is 299 Å². The molecule has 1 saturated heterocycles. The number of nitrogens with zero attached hydrogens (tertiary/aromatic N) is 2. The normalized spacial score (nSPS) is 26.5. The van der Waals surface area contributed by atoms with Crippen molar-refractivity contribution in [1.82, 2.24) is 0 Å². The number of thiazole rings is 1. The van der Waals surface area contributed by atoms with Gasteiger partial charge in [-0.1, -0.05) is 72.9 Å². The molecule has 0 saturated carbocycles. The van der Waals surface area contributed by atoms with Crippen molar-refractivity contribution in [3.63, 3.8) is 0 Å². The van der Waals surface area contributed by atoms with Gasteiger partial charge in [0, 0.05) is 30.2 Å². The van der Waals surface area contributed by atoms with Gasteiger partial charge in [0.15, 0.2) is 27.1 Å². The fourth-order valence-corrected chi connectivity index (χ4v) is 11.5. The first-order valence-electron chi connectivity index (χ1n) is 15.0. The molecule has 7 rings (SSSR count). The molecular weight excluding hydrogens is 672 g/mol. The summed E-state index contributed by atoms with van der Waals surface area (Å²) < 4.78 is 75.6. The van der Waals surface area contributed by atoms with Crippen LogP contribution in [0.3, 0.4) is 0 Å². The maximum absolute atomic E-state index is 12.7. The van der Waals surface area contributed by atoms with Crippen molar-refractivity contribution in [2.24, 2.45) is 11.8 Å². The van der Waals surface area contributed by atoms with E-state index in [1.165, 1.54) is 0 Å². The van der Waals surface area contributed by atoms with E-state index in [-0.39, 0.29) is 52.3 Å². The van der Waals surface area contributed by atoms with Crippen LogP contribution >= 0.6 is 23.1 Å². The Morgan fingerprint density at radius 2 is 1.85 bits per heavy atom. The zero-order chi connectivity index (χ0) is 31.6. The molecule has 0 bridgehead atoms. The number of quaternary nitrogens is 1. The third kappa shape index (κ3) is 5.99. The second-order valence-corrected chi connectivity index (χ2v) is 17.0. The molecule has 2 aromatic carbocycles. The molecule has 4 aliphatic rings. The summed E-state index contributed by atoms with van der Waals surface area (Å²) in [7, 11) is -8.94. The summed E-state index contributed by atoms with van der Waals surface area (Å²) in [6, 6.07) is 12.2. The van der Waals surface area contributed by atoms with E-state index in [0.717, 1.165) is 47.2 Å². The van der Waals surface area contributed by atoms with E-state index >= 15 is 0 Å². The molecule has 2 aliphatic carbocycles. The molecule has 46 heavy (non-hydrogen) atoms. The van der Waals surface area contributed by atoms with Gasteiger partial charge in [-0.15, -0.1) is 0 Å². The summed E-state index contributed by atoms with van der Waals surface area (Å²) in [5.41, 5.74) is 2.94. The van der Waals surface area contributed by atoms with E-state index < -0.39 is 31.4 Å². The molecule has 4 unspecified atom stereocenters. The molecule has 1 spiro atoms. The van der Waals surface area contributed by atoms with E-state index in [9.17, 15) is 25.9 Å². The number of hydrogen-bond acceptors (Lipinski definition) is 8. The van der Waals surface area contributed by atoms with Crippen molar-refractivity contribution in [1.29, 1.82) is 0 Å². The summed E-state index contributed by atoms with van der Waals surface area (Å²) in [5.74, 6) is -0.346. The summed E-state index contributed by atoms with van der Waals surface area (Å²) in [6.45, 7) is 2.94. The molecule has 1 aromatic heterocycles. The number of thioether (sulfide) groups is 1. The Kier molecular flexibility index (Phi) is 9.53. The maximum atomic E-state index is 12.7. The summed E-state index contributed by atoms with van der Waals surface area (Å²) in [5, 5.41) is 2.78. The summed E-state index contributed by atoms with van der Waals surface area (Å²) in [6.07, 6.45) is 17.7. The standard InChI is InChI=1S/C33H32N2O6S4.Na/c1-2-22(20-29-34(17-7-19-44(36,37)38)32-25-10-5-3-8-23(25)12-14-27(32)42-29)21-30-35(18-16-31(35)45(39,40)41)33-26-11-6-4-9-24(26)13-15-28(33)43-30;/h3-6,8-15,20-21,24,26,31H,2,7,16-19H2,1H3;/q;+1. The predicted molar refractivity (Wildman–Crippen MR) is 177 cm³/mol. The zero-order valence-corrected chi connectivity index (χ0v) is 30.8. The van der Waals surface area contributed by atoms with Crippen molar-refractivity contribution in [3.05, 3.63) is 105 Å². The van der Waals surface area contributed by atoms with Crippen molar-refractivity contribution in [2.45, 2.75) is 38.1 Å². The molecule has 4 atom stereocenters. The van der Waals surface area contributed by atoms with Crippen LogP contribution in [0, 0.1) is 11.8 Å². The average molecular weight is 704 g/mol. The first-order chi connectivity index (χ1) is 21.5. The van der Waals surface area contributed by atoms with Gasteiger partial charge >= 0.3 is 29.6 Å². The number of aryl methyl sites for hydroxylation is 1. The summed E-state index contributed by atoms with van der Waals surface area (Å²) in [4.78, 5) is 1.01. The van der Waals surface area contributed by atoms with Crippen LogP contribution in [-0.2, 0) is 26.8 Å². The van der Waals surface area contributed by atoms with Crippen LogP contribution in [0.25, 0.3) is 27.1 Å². The van der Waals surface area contributed by atoms with Crippen LogP contribution in [0.5, 0.6) is 0 Å². The minimum atomic E-state index is -4.58. The predicted octanol–water partition coefficient (Wildman–Crippen LogP) is 2.89. The molecule has 3 aromatic rings. The van der Waals surface area contributed by atoms with E-state index in [1.54, 1.807) is 23.1 Å². The van der Waals surface area contributed by atoms with Crippen molar-refractivity contribution < 1.29 is 64.5 Å². The minimum absolute atomic E-state index is 0. The third-order valence-electron chi connectivity index (χ3n) is 9.22. The number of aromatic nitrogens is 1. The van der Waals surface area contributed by atoms with Crippen LogP contribution in [0.1, 0.15) is 31.2 Å². The van der Waals surface area contributed by atoms with Crippen LogP contribution in [0.4, 0.5) is 0 Å². The molecule has 8 nitrogen and oxygen atoms in total. The second kappa shape index (κ2) is 12.9. The molecule has 0 amide bonds. The molecule has 3 heterocycles. The Morgan fingerprint density at radius 3 is 2.57 bits per heavy atom. The van der Waals surface area contributed by atoms with Gasteiger partial charge in [-0.3, -0.25) is 0 Å². The molecule has 234 valence electrons. The third-order valence-corrected chi connectivity index (χ3v) is 13.6. The van der Waals surface area contributed by atoms with Crippen molar-refractivity contribution in [2.75, 3.05) is 12.3 Å². The molecule has 1 fully saturated rings. The van der Waals surface area contributed by atoms with Gasteiger partial charge in [0.05, 0.1) is 39.3 Å². The van der Waals surface area contributed by atoms with Crippen LogP contribution in [0.15, 0.2) is 100 Å². The van der Waals surface area contributed by atoms with Gasteiger partial charge in [0.2, 0.25) is 5.52 Å². The Hall–Kier alpha value is -1.84. The van der Waals surface area contributed by atoms with Crippen molar-refractivity contribution in [3.8, 4) is 0 Å². The fraction of sp³-hybridized carbons (Fsp3) is 0.303.